The molecule has 0 saturated heterocycles. The second-order valence-electron chi connectivity index (χ2n) is 3.10. The van der Waals surface area contributed by atoms with Gasteiger partial charge < -0.3 is 0 Å². The molecule has 0 aliphatic heterocycles. The van der Waals surface area contributed by atoms with Gasteiger partial charge in [-0.05, 0) is 12.5 Å². The molecule has 3 heteroatoms. The van der Waals surface area contributed by atoms with Crippen LogP contribution in [0.3, 0.4) is 0 Å². The first-order valence-electron chi connectivity index (χ1n) is 4.17. The van der Waals surface area contributed by atoms with Gasteiger partial charge in [-0.1, -0.05) is 11.8 Å². The predicted octanol–water partition coefficient (Wildman–Crippen LogP) is 1.60. The summed E-state index contributed by atoms with van der Waals surface area (Å²) in [5.74, 6) is 0.780. The summed E-state index contributed by atoms with van der Waals surface area (Å²) in [6.45, 7) is 3.67. The molecular formula is C10H14NOS+. The molecule has 0 fully saturated rings. The summed E-state index contributed by atoms with van der Waals surface area (Å²) in [4.78, 5) is 10.8. The van der Waals surface area contributed by atoms with Gasteiger partial charge in [0.25, 0.3) is 0 Å². The van der Waals surface area contributed by atoms with Crippen molar-refractivity contribution in [3.63, 3.8) is 0 Å². The first-order valence-corrected chi connectivity index (χ1v) is 5.16. The van der Waals surface area contributed by atoms with Crippen molar-refractivity contribution in [2.24, 2.45) is 7.05 Å². The minimum absolute atomic E-state index is 0.174. The van der Waals surface area contributed by atoms with Gasteiger partial charge in [0.15, 0.2) is 17.5 Å². The van der Waals surface area contributed by atoms with Crippen molar-refractivity contribution < 1.29 is 9.36 Å². The van der Waals surface area contributed by atoms with Crippen molar-refractivity contribution in [2.45, 2.75) is 19.6 Å². The van der Waals surface area contributed by atoms with E-state index in [9.17, 15) is 4.79 Å². The number of carbonyl (C=O) groups excluding carboxylic acids is 1. The Balaban J connectivity index is 2.72. The van der Waals surface area contributed by atoms with Crippen LogP contribution in [0, 0.1) is 6.92 Å². The Kier molecular flexibility index (Phi) is 3.48. The first kappa shape index (κ1) is 10.3. The van der Waals surface area contributed by atoms with Gasteiger partial charge in [-0.25, -0.2) is 4.57 Å². The van der Waals surface area contributed by atoms with Gasteiger partial charge in [0, 0.05) is 24.3 Å². The van der Waals surface area contributed by atoms with E-state index in [1.165, 1.54) is 22.9 Å². The lowest BCUT2D eigenvalue weighted by Crippen LogP contribution is -2.27. The van der Waals surface area contributed by atoms with Crippen molar-refractivity contribution in [2.75, 3.05) is 0 Å². The third-order valence-electron chi connectivity index (χ3n) is 1.85. The fourth-order valence-electron chi connectivity index (χ4n) is 1.11. The molecule has 0 unspecified atom stereocenters. The zero-order valence-corrected chi connectivity index (χ0v) is 9.02. The Morgan fingerprint density at radius 1 is 1.62 bits per heavy atom. The van der Waals surface area contributed by atoms with E-state index in [-0.39, 0.29) is 5.12 Å². The van der Waals surface area contributed by atoms with Crippen molar-refractivity contribution >= 4 is 16.9 Å². The Morgan fingerprint density at radius 2 is 2.31 bits per heavy atom. The van der Waals surface area contributed by atoms with E-state index in [1.54, 1.807) is 6.92 Å². The molecule has 0 amide bonds. The maximum atomic E-state index is 10.8. The van der Waals surface area contributed by atoms with Gasteiger partial charge in [0.1, 0.15) is 7.05 Å². The lowest BCUT2D eigenvalue weighted by molar-refractivity contribution is -0.671. The maximum Gasteiger partial charge on any atom is 0.186 e. The zero-order chi connectivity index (χ0) is 9.84. The van der Waals surface area contributed by atoms with Gasteiger partial charge in [-0.15, -0.1) is 0 Å². The van der Waals surface area contributed by atoms with Gasteiger partial charge >= 0.3 is 0 Å². The Bertz CT molecular complexity index is 323. The summed E-state index contributed by atoms with van der Waals surface area (Å²) in [5, 5.41) is 0.174. The lowest BCUT2D eigenvalue weighted by atomic mass is 10.2. The number of rotatable bonds is 2. The topological polar surface area (TPSA) is 20.9 Å². The molecule has 0 spiro atoms. The molecule has 1 heterocycles. The minimum Gasteiger partial charge on any atom is -0.288 e. The van der Waals surface area contributed by atoms with Crippen LogP contribution in [0.15, 0.2) is 18.5 Å². The molecule has 0 saturated carbocycles. The van der Waals surface area contributed by atoms with Crippen LogP contribution in [0.1, 0.15) is 18.1 Å². The van der Waals surface area contributed by atoms with Gasteiger partial charge in [0.05, 0.1) is 0 Å². The fraction of sp³-hybridized carbons (Fsp3) is 0.400. The Labute approximate surface area is 83.0 Å². The SMILES string of the molecule is CC(=O)SCc1cc[n+](C)cc1C. The highest BCUT2D eigenvalue weighted by atomic mass is 32.2. The largest absolute Gasteiger partial charge is 0.288 e. The second kappa shape index (κ2) is 4.42. The van der Waals surface area contributed by atoms with Crippen LogP contribution in [-0.2, 0) is 17.6 Å². The number of hydrogen-bond donors (Lipinski definition) is 0. The molecule has 70 valence electrons. The number of pyridine rings is 1. The van der Waals surface area contributed by atoms with E-state index in [0.29, 0.717) is 0 Å². The summed E-state index contributed by atoms with van der Waals surface area (Å²) >= 11 is 1.36. The highest BCUT2D eigenvalue weighted by molar-refractivity contribution is 8.12. The molecule has 0 N–H and O–H groups in total. The Morgan fingerprint density at radius 3 is 2.85 bits per heavy atom. The number of thioether (sulfide) groups is 1. The molecule has 1 aromatic heterocycles. The van der Waals surface area contributed by atoms with Crippen LogP contribution in [0.5, 0.6) is 0 Å². The normalized spacial score (nSPS) is 10.1. The summed E-state index contributed by atoms with van der Waals surface area (Å²) in [5.41, 5.74) is 2.47. The first-order chi connectivity index (χ1) is 6.09. The zero-order valence-electron chi connectivity index (χ0n) is 8.20. The van der Waals surface area contributed by atoms with Crippen LogP contribution in [0.2, 0.25) is 0 Å². The van der Waals surface area contributed by atoms with Crippen molar-refractivity contribution in [3.8, 4) is 0 Å². The summed E-state index contributed by atoms with van der Waals surface area (Å²) in [6, 6.07) is 2.06. The van der Waals surface area contributed by atoms with Gasteiger partial charge in [-0.3, -0.25) is 4.79 Å². The van der Waals surface area contributed by atoms with Gasteiger partial charge in [0.2, 0.25) is 0 Å². The van der Waals surface area contributed by atoms with Crippen LogP contribution in [-0.4, -0.2) is 5.12 Å². The van der Waals surface area contributed by atoms with E-state index < -0.39 is 0 Å². The molecule has 0 aliphatic carbocycles. The van der Waals surface area contributed by atoms with E-state index in [1.807, 2.05) is 17.8 Å². The van der Waals surface area contributed by atoms with E-state index in [4.69, 9.17) is 0 Å². The molecule has 1 rings (SSSR count). The molecule has 0 bridgehead atoms. The summed E-state index contributed by atoms with van der Waals surface area (Å²) in [6.07, 6.45) is 4.07. The molecule has 0 atom stereocenters. The molecular weight excluding hydrogens is 182 g/mol. The second-order valence-corrected chi connectivity index (χ2v) is 4.25. The van der Waals surface area contributed by atoms with E-state index in [2.05, 4.69) is 19.2 Å². The Hall–Kier alpha value is -0.830. The number of nitrogens with zero attached hydrogens (tertiary/aromatic N) is 1. The molecule has 0 aromatic carbocycles. The maximum absolute atomic E-state index is 10.8. The van der Waals surface area contributed by atoms with E-state index >= 15 is 0 Å². The predicted molar refractivity (Wildman–Crippen MR) is 54.3 cm³/mol. The lowest BCUT2D eigenvalue weighted by Gasteiger charge is -2.00. The molecule has 2 nitrogen and oxygen atoms in total. The minimum atomic E-state index is 0.174. The number of carbonyl (C=O) groups is 1. The molecule has 13 heavy (non-hydrogen) atoms. The summed E-state index contributed by atoms with van der Waals surface area (Å²) in [7, 11) is 1.99. The van der Waals surface area contributed by atoms with Crippen molar-refractivity contribution in [1.82, 2.24) is 0 Å². The highest BCUT2D eigenvalue weighted by Gasteiger charge is 2.03. The van der Waals surface area contributed by atoms with Crippen molar-refractivity contribution in [3.05, 3.63) is 29.6 Å². The third kappa shape index (κ3) is 3.19. The van der Waals surface area contributed by atoms with Crippen LogP contribution < -0.4 is 4.57 Å². The standard InChI is InChI=1S/C10H14NOS/c1-8-6-11(3)5-4-10(8)7-13-9(2)12/h4-6H,7H2,1-3H3/q+1. The average molecular weight is 196 g/mol. The molecule has 0 radical (unpaired) electrons. The van der Waals surface area contributed by atoms with E-state index in [0.717, 1.165) is 5.75 Å². The molecule has 1 aromatic rings. The van der Waals surface area contributed by atoms with Crippen LogP contribution in [0.25, 0.3) is 0 Å². The van der Waals surface area contributed by atoms with Gasteiger partial charge in [-0.2, -0.15) is 0 Å². The number of aryl methyl sites for hydroxylation is 2. The monoisotopic (exact) mass is 196 g/mol. The smallest absolute Gasteiger partial charge is 0.186 e. The van der Waals surface area contributed by atoms with Crippen LogP contribution >= 0.6 is 11.8 Å². The molecule has 0 aliphatic rings. The number of hydrogen-bond acceptors (Lipinski definition) is 2. The summed E-state index contributed by atoms with van der Waals surface area (Å²) < 4.78 is 2.01. The fourth-order valence-corrected chi connectivity index (χ4v) is 1.79. The van der Waals surface area contributed by atoms with Crippen LogP contribution in [0.4, 0.5) is 0 Å². The number of aromatic nitrogens is 1. The average Bonchev–Trinajstić information content (AvgIpc) is 2.02. The highest BCUT2D eigenvalue weighted by Crippen LogP contribution is 2.14. The third-order valence-corrected chi connectivity index (χ3v) is 2.71. The quantitative estimate of drug-likeness (QED) is 0.670. The van der Waals surface area contributed by atoms with Crippen molar-refractivity contribution in [1.29, 1.82) is 0 Å².